The Labute approximate surface area is 160 Å². The highest BCUT2D eigenvalue weighted by atomic mass is 19.1. The summed E-state index contributed by atoms with van der Waals surface area (Å²) in [6.45, 7) is 1.28. The minimum absolute atomic E-state index is 0.359. The first-order valence-corrected chi connectivity index (χ1v) is 8.87. The van der Waals surface area contributed by atoms with Gasteiger partial charge in [0, 0.05) is 20.4 Å². The van der Waals surface area contributed by atoms with E-state index in [1.807, 2.05) is 29.9 Å². The van der Waals surface area contributed by atoms with Crippen LogP contribution in [0.15, 0.2) is 48.7 Å². The van der Waals surface area contributed by atoms with Crippen LogP contribution in [0.4, 0.5) is 10.2 Å². The van der Waals surface area contributed by atoms with Crippen molar-refractivity contribution in [1.29, 1.82) is 0 Å². The Kier molecular flexibility index (Phi) is 3.66. The summed E-state index contributed by atoms with van der Waals surface area (Å²) in [6, 6.07) is 12.2. The maximum absolute atomic E-state index is 14.2. The number of anilines is 1. The molecule has 3 aromatic heterocycles. The average molecular weight is 379 g/mol. The molecule has 1 aliphatic rings. The summed E-state index contributed by atoms with van der Waals surface area (Å²) in [7, 11) is 3.61. The number of fused-ring (bicyclic) bond motifs is 1. The molecule has 4 heterocycles. The molecule has 0 spiro atoms. The van der Waals surface area contributed by atoms with Crippen LogP contribution in [0.5, 0.6) is 0 Å². The lowest BCUT2D eigenvalue weighted by molar-refractivity contribution is -0.0448. The molecule has 1 fully saturated rings. The summed E-state index contributed by atoms with van der Waals surface area (Å²) in [6.07, 6.45) is 1.76. The fraction of sp³-hybridized carbons (Fsp3) is 0.263. The number of methoxy groups -OCH3 is 1. The van der Waals surface area contributed by atoms with Crippen LogP contribution < -0.4 is 4.90 Å². The van der Waals surface area contributed by atoms with Crippen LogP contribution in [0.25, 0.3) is 17.0 Å². The Morgan fingerprint density at radius 1 is 1.07 bits per heavy atom. The molecule has 0 saturated carbocycles. The van der Waals surface area contributed by atoms with E-state index >= 15 is 0 Å². The third kappa shape index (κ3) is 2.40. The molecule has 1 aromatic carbocycles. The Morgan fingerprint density at radius 2 is 1.89 bits per heavy atom. The summed E-state index contributed by atoms with van der Waals surface area (Å²) in [5.74, 6) is 0.766. The van der Waals surface area contributed by atoms with E-state index in [4.69, 9.17) is 4.74 Å². The van der Waals surface area contributed by atoms with Gasteiger partial charge >= 0.3 is 0 Å². The number of nitrogens with zero attached hydrogens (tertiary/aromatic N) is 7. The van der Waals surface area contributed by atoms with Crippen LogP contribution in [-0.4, -0.2) is 49.8 Å². The van der Waals surface area contributed by atoms with Gasteiger partial charge in [-0.05, 0) is 30.3 Å². The van der Waals surface area contributed by atoms with Gasteiger partial charge in [-0.1, -0.05) is 12.1 Å². The van der Waals surface area contributed by atoms with Gasteiger partial charge in [-0.2, -0.15) is 9.61 Å². The van der Waals surface area contributed by atoms with Crippen molar-refractivity contribution in [2.45, 2.75) is 5.60 Å². The number of rotatable bonds is 4. The number of aromatic nitrogens is 6. The number of hydrogen-bond acceptors (Lipinski definition) is 6. The van der Waals surface area contributed by atoms with Gasteiger partial charge in [0.2, 0.25) is 0 Å². The largest absolute Gasteiger partial charge is 0.368 e. The molecule has 1 aliphatic heterocycles. The van der Waals surface area contributed by atoms with Gasteiger partial charge in [0.1, 0.15) is 17.2 Å². The normalized spacial score (nSPS) is 15.8. The lowest BCUT2D eigenvalue weighted by atomic mass is 9.90. The summed E-state index contributed by atoms with van der Waals surface area (Å²) >= 11 is 0. The van der Waals surface area contributed by atoms with Gasteiger partial charge in [0.05, 0.1) is 24.3 Å². The number of ether oxygens (including phenoxy) is 1. The smallest absolute Gasteiger partial charge is 0.188 e. The second kappa shape index (κ2) is 6.10. The van der Waals surface area contributed by atoms with Crippen LogP contribution in [-0.2, 0) is 17.4 Å². The molecule has 9 heteroatoms. The van der Waals surface area contributed by atoms with Crippen molar-refractivity contribution in [3.63, 3.8) is 0 Å². The van der Waals surface area contributed by atoms with Crippen molar-refractivity contribution in [2.75, 3.05) is 25.1 Å². The van der Waals surface area contributed by atoms with Crippen molar-refractivity contribution < 1.29 is 9.13 Å². The maximum atomic E-state index is 14.2. The topological polar surface area (TPSA) is 73.4 Å². The van der Waals surface area contributed by atoms with E-state index in [9.17, 15) is 4.39 Å². The van der Waals surface area contributed by atoms with E-state index in [2.05, 4.69) is 25.3 Å². The Bertz CT molecular complexity index is 1160. The van der Waals surface area contributed by atoms with Crippen LogP contribution >= 0.6 is 0 Å². The standard InChI is InChI=1S/C19H18FN7O/c1-25-15(9-10-21-25)19(28-2)11-26(12-19)17-8-7-16-22-23-18(27(16)24-17)13-5-3-4-6-14(13)20/h3-10H,11-12H2,1-2H3. The minimum Gasteiger partial charge on any atom is -0.368 e. The molecule has 0 unspecified atom stereocenters. The molecule has 28 heavy (non-hydrogen) atoms. The van der Waals surface area contributed by atoms with Gasteiger partial charge in [-0.25, -0.2) is 4.39 Å². The van der Waals surface area contributed by atoms with Gasteiger partial charge in [0.25, 0.3) is 0 Å². The average Bonchev–Trinajstić information content (AvgIpc) is 3.28. The molecular weight excluding hydrogens is 361 g/mol. The quantitative estimate of drug-likeness (QED) is 0.540. The first-order valence-electron chi connectivity index (χ1n) is 8.87. The fourth-order valence-electron chi connectivity index (χ4n) is 3.71. The zero-order valence-electron chi connectivity index (χ0n) is 15.4. The molecule has 0 amide bonds. The molecule has 8 nitrogen and oxygen atoms in total. The van der Waals surface area contributed by atoms with E-state index in [-0.39, 0.29) is 5.82 Å². The van der Waals surface area contributed by atoms with Gasteiger partial charge in [0.15, 0.2) is 11.5 Å². The highest BCUT2D eigenvalue weighted by Crippen LogP contribution is 2.37. The molecule has 142 valence electrons. The monoisotopic (exact) mass is 379 g/mol. The number of benzene rings is 1. The second-order valence-electron chi connectivity index (χ2n) is 6.86. The Hall–Kier alpha value is -3.33. The number of hydrogen-bond donors (Lipinski definition) is 0. The van der Waals surface area contributed by atoms with E-state index in [0.717, 1.165) is 11.5 Å². The third-order valence-electron chi connectivity index (χ3n) is 5.26. The Balaban J connectivity index is 1.49. The van der Waals surface area contributed by atoms with Crippen LogP contribution in [0, 0.1) is 5.82 Å². The van der Waals surface area contributed by atoms with E-state index in [1.165, 1.54) is 6.07 Å². The molecule has 0 atom stereocenters. The van der Waals surface area contributed by atoms with Gasteiger partial charge in [-0.15, -0.1) is 15.3 Å². The van der Waals surface area contributed by atoms with Crippen molar-refractivity contribution in [1.82, 2.24) is 29.6 Å². The minimum atomic E-state index is -0.427. The highest BCUT2D eigenvalue weighted by Gasteiger charge is 2.47. The van der Waals surface area contributed by atoms with Crippen LogP contribution in [0.1, 0.15) is 5.69 Å². The summed E-state index contributed by atoms with van der Waals surface area (Å²) in [4.78, 5) is 2.10. The first-order chi connectivity index (χ1) is 13.6. The van der Waals surface area contributed by atoms with Crippen LogP contribution in [0.3, 0.4) is 0 Å². The van der Waals surface area contributed by atoms with E-state index < -0.39 is 5.60 Å². The lowest BCUT2D eigenvalue weighted by Gasteiger charge is -2.49. The summed E-state index contributed by atoms with van der Waals surface area (Å²) in [5, 5.41) is 17.1. The third-order valence-corrected chi connectivity index (χ3v) is 5.26. The Morgan fingerprint density at radius 3 is 2.61 bits per heavy atom. The van der Waals surface area contributed by atoms with Gasteiger partial charge in [-0.3, -0.25) is 4.68 Å². The zero-order valence-corrected chi connectivity index (χ0v) is 15.4. The molecule has 0 N–H and O–H groups in total. The van der Waals surface area contributed by atoms with Crippen molar-refractivity contribution >= 4 is 11.5 Å². The highest BCUT2D eigenvalue weighted by molar-refractivity contribution is 5.60. The SMILES string of the molecule is COC1(c2ccnn2C)CN(c2ccc3nnc(-c4ccccc4F)n3n2)C1. The molecule has 0 aliphatic carbocycles. The molecule has 0 radical (unpaired) electrons. The number of halogens is 1. The molecule has 4 aromatic rings. The molecule has 5 rings (SSSR count). The predicted octanol–water partition coefficient (Wildman–Crippen LogP) is 2.03. The van der Waals surface area contributed by atoms with Crippen molar-refractivity contribution in [2.24, 2.45) is 7.05 Å². The first kappa shape index (κ1) is 16.8. The molecule has 1 saturated heterocycles. The van der Waals surface area contributed by atoms with Crippen LogP contribution in [0.2, 0.25) is 0 Å². The van der Waals surface area contributed by atoms with Crippen molar-refractivity contribution in [3.05, 3.63) is 60.2 Å². The fourth-order valence-corrected chi connectivity index (χ4v) is 3.71. The second-order valence-corrected chi connectivity index (χ2v) is 6.86. The molecular formula is C19H18FN7O. The van der Waals surface area contributed by atoms with E-state index in [0.29, 0.717) is 30.1 Å². The lowest BCUT2D eigenvalue weighted by Crippen LogP contribution is -2.61. The molecule has 0 bridgehead atoms. The van der Waals surface area contributed by atoms with Crippen molar-refractivity contribution in [3.8, 4) is 11.4 Å². The predicted molar refractivity (Wildman–Crippen MR) is 100 cm³/mol. The van der Waals surface area contributed by atoms with E-state index in [1.54, 1.807) is 36.0 Å². The summed E-state index contributed by atoms with van der Waals surface area (Å²) in [5.41, 5.74) is 1.52. The van der Waals surface area contributed by atoms with Gasteiger partial charge < -0.3 is 9.64 Å². The summed E-state index contributed by atoms with van der Waals surface area (Å²) < 4.78 is 23.4. The maximum Gasteiger partial charge on any atom is 0.188 e. The zero-order chi connectivity index (χ0) is 19.3. The number of aryl methyl sites for hydroxylation is 1.